The van der Waals surface area contributed by atoms with Gasteiger partial charge in [-0.3, -0.25) is 4.79 Å². The first-order valence-electron chi connectivity index (χ1n) is 12.0. The monoisotopic (exact) mass is 429 g/mol. The van der Waals surface area contributed by atoms with E-state index in [1.54, 1.807) is 0 Å². The molecule has 5 heteroatoms. The van der Waals surface area contributed by atoms with E-state index >= 15 is 0 Å². The van der Waals surface area contributed by atoms with Gasteiger partial charge >= 0.3 is 11.9 Å². The zero-order valence-corrected chi connectivity index (χ0v) is 19.6. The number of hydrogen-bond donors (Lipinski definition) is 1. The molecule has 0 radical (unpaired) electrons. The number of benzene rings is 1. The molecule has 31 heavy (non-hydrogen) atoms. The lowest BCUT2D eigenvalue weighted by atomic mass is 9.68. The van der Waals surface area contributed by atoms with Crippen LogP contribution in [0.25, 0.3) is 0 Å². The van der Waals surface area contributed by atoms with Crippen LogP contribution in [0, 0.1) is 29.6 Å². The molecule has 1 aromatic rings. The second-order valence-corrected chi connectivity index (χ2v) is 10.3. The van der Waals surface area contributed by atoms with Crippen LogP contribution in [0.1, 0.15) is 69.3 Å². The Labute approximate surface area is 187 Å². The molecule has 2 fully saturated rings. The highest BCUT2D eigenvalue weighted by Crippen LogP contribution is 2.40. The van der Waals surface area contributed by atoms with Crippen molar-refractivity contribution in [3.05, 3.63) is 35.4 Å². The van der Waals surface area contributed by atoms with Crippen LogP contribution in [-0.4, -0.2) is 37.7 Å². The van der Waals surface area contributed by atoms with Crippen molar-refractivity contribution >= 4 is 11.9 Å². The molecule has 2 aliphatic rings. The zero-order valence-electron chi connectivity index (χ0n) is 19.6. The number of hydrogen-bond acceptors (Lipinski definition) is 5. The largest absolute Gasteiger partial charge is 0.464 e. The van der Waals surface area contributed by atoms with Crippen molar-refractivity contribution in [2.45, 2.75) is 65.8 Å². The molecule has 1 heterocycles. The number of nitrogens with one attached hydrogen (secondary N) is 1. The third kappa shape index (κ3) is 7.06. The Hall–Kier alpha value is -1.88. The number of rotatable bonds is 8. The van der Waals surface area contributed by atoms with Gasteiger partial charge in [-0.05, 0) is 85.9 Å². The predicted molar refractivity (Wildman–Crippen MR) is 122 cm³/mol. The maximum atomic E-state index is 12.4. The molecular formula is C26H39NO4. The highest BCUT2D eigenvalue weighted by Gasteiger charge is 2.38. The molecule has 0 amide bonds. The number of piperidine rings is 1. The first kappa shape index (κ1) is 23.8. The van der Waals surface area contributed by atoms with Gasteiger partial charge in [0.1, 0.15) is 6.04 Å². The lowest BCUT2D eigenvalue weighted by molar-refractivity contribution is -0.149. The third-order valence-corrected chi connectivity index (χ3v) is 6.52. The lowest BCUT2D eigenvalue weighted by Crippen LogP contribution is -2.50. The minimum atomic E-state index is -0.245. The van der Waals surface area contributed by atoms with Crippen LogP contribution in [0.2, 0.25) is 0 Å². The van der Waals surface area contributed by atoms with Gasteiger partial charge in [0.15, 0.2) is 0 Å². The topological polar surface area (TPSA) is 64.6 Å². The first-order chi connectivity index (χ1) is 14.8. The summed E-state index contributed by atoms with van der Waals surface area (Å²) in [6, 6.07) is 7.73. The molecule has 172 valence electrons. The molecule has 0 spiro atoms. The van der Waals surface area contributed by atoms with E-state index in [4.69, 9.17) is 9.47 Å². The van der Waals surface area contributed by atoms with E-state index in [0.29, 0.717) is 48.4 Å². The SMILES string of the molecule is CC(C)COC(=O)c1ccc(C[C@H]2CCC3CNC(C(=O)OCC(C)C)CC3C2)cc1. The van der Waals surface area contributed by atoms with Crippen LogP contribution in [0.4, 0.5) is 0 Å². The van der Waals surface area contributed by atoms with E-state index in [9.17, 15) is 9.59 Å². The van der Waals surface area contributed by atoms with Crippen molar-refractivity contribution in [2.24, 2.45) is 29.6 Å². The number of ether oxygens (including phenoxy) is 2. The van der Waals surface area contributed by atoms with Crippen molar-refractivity contribution < 1.29 is 19.1 Å². The molecule has 1 N–H and O–H groups in total. The average Bonchev–Trinajstić information content (AvgIpc) is 2.75. The Morgan fingerprint density at radius 1 is 0.935 bits per heavy atom. The molecular weight excluding hydrogens is 390 g/mol. The molecule has 5 nitrogen and oxygen atoms in total. The first-order valence-corrected chi connectivity index (χ1v) is 12.0. The van der Waals surface area contributed by atoms with Crippen molar-refractivity contribution in [3.63, 3.8) is 0 Å². The number of esters is 2. The smallest absolute Gasteiger partial charge is 0.338 e. The van der Waals surface area contributed by atoms with Crippen molar-refractivity contribution in [1.29, 1.82) is 0 Å². The molecule has 0 bridgehead atoms. The summed E-state index contributed by atoms with van der Waals surface area (Å²) in [5.74, 6) is 2.25. The molecule has 1 saturated heterocycles. The molecule has 1 aromatic carbocycles. The highest BCUT2D eigenvalue weighted by molar-refractivity contribution is 5.89. The van der Waals surface area contributed by atoms with Gasteiger partial charge in [-0.25, -0.2) is 4.79 Å². The fourth-order valence-electron chi connectivity index (χ4n) is 4.81. The summed E-state index contributed by atoms with van der Waals surface area (Å²) in [5, 5.41) is 3.42. The summed E-state index contributed by atoms with van der Waals surface area (Å²) < 4.78 is 10.8. The van der Waals surface area contributed by atoms with Gasteiger partial charge in [-0.15, -0.1) is 0 Å². The fourth-order valence-corrected chi connectivity index (χ4v) is 4.81. The van der Waals surface area contributed by atoms with Gasteiger partial charge in [0.2, 0.25) is 0 Å². The molecule has 4 atom stereocenters. The zero-order chi connectivity index (χ0) is 22.4. The summed E-state index contributed by atoms with van der Waals surface area (Å²) in [4.78, 5) is 24.5. The Balaban J connectivity index is 1.50. The van der Waals surface area contributed by atoms with Crippen LogP contribution in [0.5, 0.6) is 0 Å². The van der Waals surface area contributed by atoms with Crippen LogP contribution in [-0.2, 0) is 20.7 Å². The van der Waals surface area contributed by atoms with Gasteiger partial charge in [-0.1, -0.05) is 39.8 Å². The number of fused-ring (bicyclic) bond motifs is 1. The van der Waals surface area contributed by atoms with E-state index in [1.165, 1.54) is 24.8 Å². The van der Waals surface area contributed by atoms with Crippen molar-refractivity contribution in [3.8, 4) is 0 Å². The highest BCUT2D eigenvalue weighted by atomic mass is 16.5. The van der Waals surface area contributed by atoms with Crippen LogP contribution in [0.15, 0.2) is 24.3 Å². The molecule has 3 unspecified atom stereocenters. The summed E-state index contributed by atoms with van der Waals surface area (Å²) >= 11 is 0. The van der Waals surface area contributed by atoms with E-state index in [-0.39, 0.29) is 18.0 Å². The Morgan fingerprint density at radius 2 is 1.61 bits per heavy atom. The second-order valence-electron chi connectivity index (χ2n) is 10.3. The normalized spacial score (nSPS) is 25.9. The quantitative estimate of drug-likeness (QED) is 0.610. The van der Waals surface area contributed by atoms with Crippen LogP contribution >= 0.6 is 0 Å². The van der Waals surface area contributed by atoms with Gasteiger partial charge in [0, 0.05) is 0 Å². The van der Waals surface area contributed by atoms with Crippen molar-refractivity contribution in [2.75, 3.05) is 19.8 Å². The van der Waals surface area contributed by atoms with Gasteiger partial charge < -0.3 is 14.8 Å². The van der Waals surface area contributed by atoms with E-state index in [1.807, 2.05) is 26.0 Å². The van der Waals surface area contributed by atoms with Gasteiger partial charge in [0.05, 0.1) is 18.8 Å². The predicted octanol–water partition coefficient (Wildman–Crippen LogP) is 4.64. The molecule has 0 aromatic heterocycles. The summed E-state index contributed by atoms with van der Waals surface area (Å²) in [5.41, 5.74) is 1.89. The number of carbonyl (C=O) groups excluding carboxylic acids is 2. The molecule has 1 aliphatic heterocycles. The maximum Gasteiger partial charge on any atom is 0.338 e. The molecule has 1 saturated carbocycles. The minimum absolute atomic E-state index is 0.0887. The van der Waals surface area contributed by atoms with E-state index < -0.39 is 0 Å². The average molecular weight is 430 g/mol. The minimum Gasteiger partial charge on any atom is -0.464 e. The maximum absolute atomic E-state index is 12.4. The Bertz CT molecular complexity index is 727. The summed E-state index contributed by atoms with van der Waals surface area (Å²) in [7, 11) is 0. The van der Waals surface area contributed by atoms with Crippen molar-refractivity contribution in [1.82, 2.24) is 5.32 Å². The van der Waals surface area contributed by atoms with E-state index in [0.717, 1.165) is 19.4 Å². The summed E-state index contributed by atoms with van der Waals surface area (Å²) in [6.07, 6.45) is 5.52. The molecule has 3 rings (SSSR count). The standard InChI is InChI=1S/C26H39NO4/c1-17(2)15-30-25(28)21-8-5-19(6-9-21)11-20-7-10-22-14-27-24(13-23(22)12-20)26(29)31-16-18(3)4/h5-6,8-9,17-18,20,22-24,27H,7,10-16H2,1-4H3/t20-,22?,23?,24?/m1/s1. The Kier molecular flexibility index (Phi) is 8.53. The van der Waals surface area contributed by atoms with E-state index in [2.05, 4.69) is 31.3 Å². The summed E-state index contributed by atoms with van der Waals surface area (Å²) in [6.45, 7) is 10.1. The van der Waals surface area contributed by atoms with Crippen LogP contribution < -0.4 is 5.32 Å². The van der Waals surface area contributed by atoms with Crippen LogP contribution in [0.3, 0.4) is 0 Å². The van der Waals surface area contributed by atoms with Gasteiger partial charge in [0.25, 0.3) is 0 Å². The molecule has 1 aliphatic carbocycles. The number of carbonyl (C=O) groups is 2. The third-order valence-electron chi connectivity index (χ3n) is 6.52. The lowest BCUT2D eigenvalue weighted by Gasteiger charge is -2.42. The second kappa shape index (κ2) is 11.1. The Morgan fingerprint density at radius 3 is 2.29 bits per heavy atom. The van der Waals surface area contributed by atoms with Gasteiger partial charge in [-0.2, -0.15) is 0 Å². The fraction of sp³-hybridized carbons (Fsp3) is 0.692.